The lowest BCUT2D eigenvalue weighted by atomic mass is 9.88. The molecule has 0 aliphatic heterocycles. The van der Waals surface area contributed by atoms with Crippen molar-refractivity contribution in [3.8, 4) is 12.3 Å². The second-order valence-corrected chi connectivity index (χ2v) is 4.83. The third-order valence-corrected chi connectivity index (χ3v) is 3.32. The highest BCUT2D eigenvalue weighted by atomic mass is 16.5. The van der Waals surface area contributed by atoms with Crippen molar-refractivity contribution >= 4 is 23.6 Å². The second kappa shape index (κ2) is 6.68. The van der Waals surface area contributed by atoms with Gasteiger partial charge in [0.05, 0.1) is 7.11 Å². The number of allylic oxidation sites excluding steroid dienone is 2. The zero-order valence-corrected chi connectivity index (χ0v) is 12.1. The van der Waals surface area contributed by atoms with Crippen molar-refractivity contribution < 1.29 is 19.1 Å². The van der Waals surface area contributed by atoms with Gasteiger partial charge in [-0.15, -0.1) is 6.42 Å². The number of carbonyl (C=O) groups is 3. The SMILES string of the molecule is C#Cc1ccc2c(c1)CC(=O)C(CC(=O)/C=C\C(=O)OC)=C2. The van der Waals surface area contributed by atoms with Gasteiger partial charge < -0.3 is 4.74 Å². The summed E-state index contributed by atoms with van der Waals surface area (Å²) < 4.78 is 4.40. The number of benzene rings is 1. The maximum absolute atomic E-state index is 12.1. The molecule has 0 saturated carbocycles. The first kappa shape index (κ1) is 15.5. The van der Waals surface area contributed by atoms with Crippen molar-refractivity contribution in [1.82, 2.24) is 0 Å². The highest BCUT2D eigenvalue weighted by Crippen LogP contribution is 2.24. The number of esters is 1. The summed E-state index contributed by atoms with van der Waals surface area (Å²) in [4.78, 5) is 34.8. The van der Waals surface area contributed by atoms with Crippen molar-refractivity contribution in [2.75, 3.05) is 7.11 Å². The Kier molecular flexibility index (Phi) is 4.70. The Morgan fingerprint density at radius 1 is 1.36 bits per heavy atom. The molecule has 0 saturated heterocycles. The number of hydrogen-bond acceptors (Lipinski definition) is 4. The number of ether oxygens (including phenoxy) is 1. The van der Waals surface area contributed by atoms with E-state index in [0.717, 1.165) is 28.8 Å². The highest BCUT2D eigenvalue weighted by molar-refractivity contribution is 6.09. The van der Waals surface area contributed by atoms with Crippen LogP contribution in [0.3, 0.4) is 0 Å². The average Bonchev–Trinajstić information content (AvgIpc) is 2.52. The standard InChI is InChI=1S/C18H14O4/c1-3-12-4-5-13-9-15(17(20)11-14(13)8-12)10-16(19)6-7-18(21)22-2/h1,4-9H,10-11H2,2H3/b7-6-. The molecule has 110 valence electrons. The fraction of sp³-hybridized carbons (Fsp3) is 0.167. The van der Waals surface area contributed by atoms with Crippen molar-refractivity contribution in [3.05, 3.63) is 52.6 Å². The summed E-state index contributed by atoms with van der Waals surface area (Å²) in [7, 11) is 1.23. The summed E-state index contributed by atoms with van der Waals surface area (Å²) in [5.41, 5.74) is 2.90. The van der Waals surface area contributed by atoms with Crippen LogP contribution in [0.1, 0.15) is 23.1 Å². The first-order valence-corrected chi connectivity index (χ1v) is 6.65. The summed E-state index contributed by atoms with van der Waals surface area (Å²) in [5.74, 6) is 1.49. The van der Waals surface area contributed by atoms with E-state index in [1.54, 1.807) is 18.2 Å². The fourth-order valence-electron chi connectivity index (χ4n) is 2.17. The molecule has 0 aromatic heterocycles. The molecule has 22 heavy (non-hydrogen) atoms. The van der Waals surface area contributed by atoms with E-state index in [1.165, 1.54) is 7.11 Å². The number of hydrogen-bond donors (Lipinski definition) is 0. The molecule has 0 unspecified atom stereocenters. The summed E-state index contributed by atoms with van der Waals surface area (Å²) in [6, 6.07) is 5.44. The van der Waals surface area contributed by atoms with Crippen LogP contribution >= 0.6 is 0 Å². The van der Waals surface area contributed by atoms with Gasteiger partial charge in [0.2, 0.25) is 0 Å². The van der Waals surface area contributed by atoms with E-state index >= 15 is 0 Å². The Morgan fingerprint density at radius 2 is 2.14 bits per heavy atom. The smallest absolute Gasteiger partial charge is 0.330 e. The Labute approximate surface area is 128 Å². The molecule has 4 nitrogen and oxygen atoms in total. The first-order valence-electron chi connectivity index (χ1n) is 6.65. The van der Waals surface area contributed by atoms with E-state index in [1.807, 2.05) is 6.07 Å². The van der Waals surface area contributed by atoms with Gasteiger partial charge >= 0.3 is 5.97 Å². The van der Waals surface area contributed by atoms with Crippen LogP contribution in [-0.4, -0.2) is 24.6 Å². The van der Waals surface area contributed by atoms with Crippen LogP contribution in [0.4, 0.5) is 0 Å². The maximum atomic E-state index is 12.1. The average molecular weight is 294 g/mol. The molecule has 0 heterocycles. The zero-order chi connectivity index (χ0) is 16.1. The molecule has 0 radical (unpaired) electrons. The van der Waals surface area contributed by atoms with E-state index in [0.29, 0.717) is 5.57 Å². The quantitative estimate of drug-likeness (QED) is 0.483. The van der Waals surface area contributed by atoms with E-state index in [2.05, 4.69) is 10.7 Å². The Bertz CT molecular complexity index is 745. The topological polar surface area (TPSA) is 60.4 Å². The third kappa shape index (κ3) is 3.58. The Balaban J connectivity index is 2.18. The largest absolute Gasteiger partial charge is 0.466 e. The Morgan fingerprint density at radius 3 is 2.82 bits per heavy atom. The van der Waals surface area contributed by atoms with Gasteiger partial charge in [0.1, 0.15) is 0 Å². The normalized spacial score (nSPS) is 13.3. The zero-order valence-electron chi connectivity index (χ0n) is 12.1. The number of Topliss-reactive ketones (excluding diaryl/α,β-unsaturated/α-hetero) is 1. The molecule has 2 rings (SSSR count). The van der Waals surface area contributed by atoms with Gasteiger partial charge in [-0.3, -0.25) is 9.59 Å². The summed E-state index contributed by atoms with van der Waals surface area (Å²) in [6.45, 7) is 0. The minimum Gasteiger partial charge on any atom is -0.466 e. The number of fused-ring (bicyclic) bond motifs is 1. The lowest BCUT2D eigenvalue weighted by Gasteiger charge is -2.15. The van der Waals surface area contributed by atoms with Gasteiger partial charge in [0.15, 0.2) is 11.6 Å². The number of methoxy groups -OCH3 is 1. The molecule has 1 aromatic rings. The number of rotatable bonds is 4. The lowest BCUT2D eigenvalue weighted by molar-refractivity contribution is -0.135. The predicted molar refractivity (Wildman–Crippen MR) is 81.8 cm³/mol. The van der Waals surface area contributed by atoms with E-state index in [9.17, 15) is 14.4 Å². The highest BCUT2D eigenvalue weighted by Gasteiger charge is 2.20. The third-order valence-electron chi connectivity index (χ3n) is 3.32. The van der Waals surface area contributed by atoms with Crippen LogP contribution in [0.5, 0.6) is 0 Å². The van der Waals surface area contributed by atoms with Crippen LogP contribution in [0.15, 0.2) is 35.9 Å². The van der Waals surface area contributed by atoms with Crippen LogP contribution < -0.4 is 0 Å². The second-order valence-electron chi connectivity index (χ2n) is 4.83. The molecular formula is C18H14O4. The van der Waals surface area contributed by atoms with Crippen LogP contribution in [0.25, 0.3) is 6.08 Å². The van der Waals surface area contributed by atoms with Gasteiger partial charge in [-0.05, 0) is 35.4 Å². The molecule has 1 aromatic carbocycles. The molecule has 1 aliphatic rings. The maximum Gasteiger partial charge on any atom is 0.330 e. The van der Waals surface area contributed by atoms with Gasteiger partial charge in [-0.25, -0.2) is 4.79 Å². The molecule has 0 bridgehead atoms. The van der Waals surface area contributed by atoms with E-state index in [-0.39, 0.29) is 24.4 Å². The van der Waals surface area contributed by atoms with Gasteiger partial charge in [0, 0.05) is 30.1 Å². The summed E-state index contributed by atoms with van der Waals surface area (Å²) in [6.07, 6.45) is 9.39. The summed E-state index contributed by atoms with van der Waals surface area (Å²) >= 11 is 0. The minimum atomic E-state index is -0.607. The Hall–Kier alpha value is -2.93. The number of terminal acetylenes is 1. The van der Waals surface area contributed by atoms with Crippen molar-refractivity contribution in [3.63, 3.8) is 0 Å². The minimum absolute atomic E-state index is 0.0390. The fourth-order valence-corrected chi connectivity index (χ4v) is 2.17. The molecule has 0 atom stereocenters. The predicted octanol–water partition coefficient (Wildman–Crippen LogP) is 1.86. The van der Waals surface area contributed by atoms with Gasteiger partial charge in [-0.2, -0.15) is 0 Å². The van der Waals surface area contributed by atoms with Gasteiger partial charge in [-0.1, -0.05) is 12.0 Å². The first-order chi connectivity index (χ1) is 10.5. The molecule has 0 spiro atoms. The molecular weight excluding hydrogens is 280 g/mol. The molecule has 0 amide bonds. The lowest BCUT2D eigenvalue weighted by Crippen LogP contribution is -2.15. The van der Waals surface area contributed by atoms with Crippen molar-refractivity contribution in [2.45, 2.75) is 12.8 Å². The van der Waals surface area contributed by atoms with Crippen molar-refractivity contribution in [2.24, 2.45) is 0 Å². The van der Waals surface area contributed by atoms with E-state index < -0.39 is 5.97 Å². The van der Waals surface area contributed by atoms with Gasteiger partial charge in [0.25, 0.3) is 0 Å². The molecule has 0 fully saturated rings. The van der Waals surface area contributed by atoms with Crippen LogP contribution in [0.2, 0.25) is 0 Å². The van der Waals surface area contributed by atoms with Crippen LogP contribution in [-0.2, 0) is 25.5 Å². The van der Waals surface area contributed by atoms with Crippen molar-refractivity contribution in [1.29, 1.82) is 0 Å². The molecule has 0 N–H and O–H groups in total. The van der Waals surface area contributed by atoms with E-state index in [4.69, 9.17) is 6.42 Å². The molecule has 4 heteroatoms. The molecule has 1 aliphatic carbocycles. The monoisotopic (exact) mass is 294 g/mol. The number of carbonyl (C=O) groups excluding carboxylic acids is 3. The number of ketones is 2. The summed E-state index contributed by atoms with van der Waals surface area (Å²) in [5, 5.41) is 0. The van der Waals surface area contributed by atoms with Crippen LogP contribution in [0, 0.1) is 12.3 Å².